The van der Waals surface area contributed by atoms with Crippen molar-refractivity contribution >= 4 is 0 Å². The first kappa shape index (κ1) is 15.7. The molecule has 1 fully saturated rings. The second kappa shape index (κ2) is 7.86. The lowest BCUT2D eigenvalue weighted by Gasteiger charge is -2.16. The summed E-state index contributed by atoms with van der Waals surface area (Å²) in [6, 6.07) is 0. The Balaban J connectivity index is 0.000000394. The Bertz CT molecular complexity index is 197. The molecule has 96 valence electrons. The summed E-state index contributed by atoms with van der Waals surface area (Å²) >= 11 is 0. The first-order chi connectivity index (χ1) is 7.59. The average Bonchev–Trinajstić information content (AvgIpc) is 2.55. The van der Waals surface area contributed by atoms with Crippen LogP contribution in [-0.2, 0) is 9.47 Å². The molecule has 1 aliphatic carbocycles. The first-order valence-corrected chi connectivity index (χ1v) is 6.61. The average molecular weight is 228 g/mol. The van der Waals surface area contributed by atoms with Crippen LogP contribution in [-0.4, -0.2) is 18.0 Å². The zero-order chi connectivity index (χ0) is 12.6. The number of hydrogen-bond acceptors (Lipinski definition) is 2. The summed E-state index contributed by atoms with van der Waals surface area (Å²) in [5.41, 5.74) is 0. The summed E-state index contributed by atoms with van der Waals surface area (Å²) < 4.78 is 11.3. The molecule has 2 atom stereocenters. The highest BCUT2D eigenvalue weighted by Crippen LogP contribution is 2.33. The molecule has 0 aromatic heterocycles. The summed E-state index contributed by atoms with van der Waals surface area (Å²) in [5.74, 6) is -0.371. The minimum atomic E-state index is -0.371. The third-order valence-corrected chi connectivity index (χ3v) is 2.17. The zero-order valence-electron chi connectivity index (χ0n) is 11.7. The molecule has 16 heavy (non-hydrogen) atoms. The molecule has 0 saturated carbocycles. The van der Waals surface area contributed by atoms with Crippen LogP contribution in [0, 0.1) is 0 Å². The van der Waals surface area contributed by atoms with Crippen LogP contribution >= 0.6 is 0 Å². The van der Waals surface area contributed by atoms with Crippen molar-refractivity contribution in [3.63, 3.8) is 0 Å². The van der Waals surface area contributed by atoms with Crippen molar-refractivity contribution < 1.29 is 9.47 Å². The van der Waals surface area contributed by atoms with Gasteiger partial charge >= 0.3 is 0 Å². The van der Waals surface area contributed by atoms with Crippen molar-refractivity contribution in [2.24, 2.45) is 0 Å². The van der Waals surface area contributed by atoms with Gasteiger partial charge in [-0.1, -0.05) is 46.3 Å². The smallest absolute Gasteiger partial charge is 0.164 e. The van der Waals surface area contributed by atoms with Gasteiger partial charge in [-0.2, -0.15) is 0 Å². The Morgan fingerprint density at radius 2 is 1.75 bits per heavy atom. The molecule has 1 aliphatic heterocycles. The molecule has 0 unspecified atom stereocenters. The zero-order valence-corrected chi connectivity index (χ0v) is 11.7. The molecule has 0 aromatic carbocycles. The Morgan fingerprint density at radius 3 is 2.25 bits per heavy atom. The standard InChI is InChI=1S/C9H14O2.C3H8.C2H6/c1-9(2)10-7-5-3-4-6-8(7)11-9;1-3-2;1-2/h3,5,7-8H,4,6H2,1-2H3;3H2,1-2H3;1-2H3/t7-,8+;;/m1../s1. The minimum absolute atomic E-state index is 0.207. The van der Waals surface area contributed by atoms with E-state index in [1.807, 2.05) is 27.7 Å². The van der Waals surface area contributed by atoms with E-state index >= 15 is 0 Å². The first-order valence-electron chi connectivity index (χ1n) is 6.61. The highest BCUT2D eigenvalue weighted by Gasteiger charge is 2.40. The normalized spacial score (nSPS) is 29.4. The molecule has 0 amide bonds. The van der Waals surface area contributed by atoms with E-state index in [0.717, 1.165) is 12.8 Å². The maximum Gasteiger partial charge on any atom is 0.164 e. The van der Waals surface area contributed by atoms with Crippen molar-refractivity contribution in [2.75, 3.05) is 0 Å². The van der Waals surface area contributed by atoms with Gasteiger partial charge in [0.05, 0.1) is 6.10 Å². The predicted molar refractivity (Wildman–Crippen MR) is 69.5 cm³/mol. The number of fused-ring (bicyclic) bond motifs is 1. The van der Waals surface area contributed by atoms with E-state index in [1.165, 1.54) is 6.42 Å². The van der Waals surface area contributed by atoms with E-state index < -0.39 is 0 Å². The topological polar surface area (TPSA) is 18.5 Å². The highest BCUT2D eigenvalue weighted by atomic mass is 16.7. The third kappa shape index (κ3) is 5.13. The lowest BCUT2D eigenvalue weighted by Crippen LogP contribution is -2.22. The molecule has 2 aliphatic rings. The fourth-order valence-corrected chi connectivity index (χ4v) is 1.74. The Morgan fingerprint density at radius 1 is 1.19 bits per heavy atom. The van der Waals surface area contributed by atoms with Crippen LogP contribution in [0.15, 0.2) is 12.2 Å². The van der Waals surface area contributed by atoms with Gasteiger partial charge in [0.15, 0.2) is 5.79 Å². The second-order valence-electron chi connectivity index (χ2n) is 4.35. The third-order valence-electron chi connectivity index (χ3n) is 2.17. The molecule has 0 radical (unpaired) electrons. The maximum absolute atomic E-state index is 5.68. The van der Waals surface area contributed by atoms with E-state index in [4.69, 9.17) is 9.47 Å². The molecule has 2 heteroatoms. The quantitative estimate of drug-likeness (QED) is 0.575. The van der Waals surface area contributed by atoms with Gasteiger partial charge < -0.3 is 9.47 Å². The van der Waals surface area contributed by atoms with Gasteiger partial charge in [-0.05, 0) is 26.7 Å². The van der Waals surface area contributed by atoms with E-state index in [9.17, 15) is 0 Å². The van der Waals surface area contributed by atoms with Gasteiger partial charge in [0, 0.05) is 0 Å². The van der Waals surface area contributed by atoms with E-state index in [-0.39, 0.29) is 11.9 Å². The van der Waals surface area contributed by atoms with Crippen LogP contribution in [0.3, 0.4) is 0 Å². The van der Waals surface area contributed by atoms with Gasteiger partial charge in [0.1, 0.15) is 6.10 Å². The van der Waals surface area contributed by atoms with Crippen LogP contribution < -0.4 is 0 Å². The SMILES string of the molecule is CC.CC1(C)O[C@H]2CCC=C[C@H]2O1.CCC. The molecular weight excluding hydrogens is 200 g/mol. The van der Waals surface area contributed by atoms with Crippen LogP contribution in [0.25, 0.3) is 0 Å². The molecule has 2 nitrogen and oxygen atoms in total. The second-order valence-corrected chi connectivity index (χ2v) is 4.35. The molecule has 1 saturated heterocycles. The summed E-state index contributed by atoms with van der Waals surface area (Å²) in [4.78, 5) is 0. The number of ether oxygens (including phenoxy) is 2. The number of hydrogen-bond donors (Lipinski definition) is 0. The number of allylic oxidation sites excluding steroid dienone is 1. The Kier molecular flexibility index (Phi) is 7.69. The predicted octanol–water partition coefficient (Wildman–Crippen LogP) is 4.30. The maximum atomic E-state index is 5.68. The van der Waals surface area contributed by atoms with E-state index in [2.05, 4.69) is 26.0 Å². The van der Waals surface area contributed by atoms with Crippen molar-refractivity contribution in [2.45, 2.75) is 78.8 Å². The molecule has 0 N–H and O–H groups in total. The summed E-state index contributed by atoms with van der Waals surface area (Å²) in [6.07, 6.45) is 8.27. The highest BCUT2D eigenvalue weighted by molar-refractivity contribution is 5.02. The van der Waals surface area contributed by atoms with Gasteiger partial charge in [-0.15, -0.1) is 0 Å². The van der Waals surface area contributed by atoms with Gasteiger partial charge in [0.2, 0.25) is 0 Å². The molecule has 0 bridgehead atoms. The van der Waals surface area contributed by atoms with Crippen LogP contribution in [0.2, 0.25) is 0 Å². The molecule has 2 rings (SSSR count). The van der Waals surface area contributed by atoms with Crippen LogP contribution in [0.4, 0.5) is 0 Å². The van der Waals surface area contributed by atoms with E-state index in [1.54, 1.807) is 0 Å². The lowest BCUT2D eigenvalue weighted by molar-refractivity contribution is -0.142. The van der Waals surface area contributed by atoms with Crippen LogP contribution in [0.1, 0.15) is 60.8 Å². The molecular formula is C14H28O2. The van der Waals surface area contributed by atoms with E-state index in [0.29, 0.717) is 6.10 Å². The fraction of sp³-hybridized carbons (Fsp3) is 0.857. The Labute approximate surface area is 101 Å². The monoisotopic (exact) mass is 228 g/mol. The van der Waals surface area contributed by atoms with Gasteiger partial charge in [0.25, 0.3) is 0 Å². The summed E-state index contributed by atoms with van der Waals surface area (Å²) in [5, 5.41) is 0. The molecule has 0 aromatic rings. The lowest BCUT2D eigenvalue weighted by atomic mass is 10.0. The van der Waals surface area contributed by atoms with Crippen molar-refractivity contribution in [3.05, 3.63) is 12.2 Å². The van der Waals surface area contributed by atoms with Gasteiger partial charge in [-0.25, -0.2) is 0 Å². The molecule has 1 heterocycles. The minimum Gasteiger partial charge on any atom is -0.344 e. The van der Waals surface area contributed by atoms with Crippen molar-refractivity contribution in [1.29, 1.82) is 0 Å². The molecule has 0 spiro atoms. The summed E-state index contributed by atoms with van der Waals surface area (Å²) in [7, 11) is 0. The summed E-state index contributed by atoms with van der Waals surface area (Å²) in [6.45, 7) is 12.2. The fourth-order valence-electron chi connectivity index (χ4n) is 1.74. The number of rotatable bonds is 0. The van der Waals surface area contributed by atoms with Crippen molar-refractivity contribution in [3.8, 4) is 0 Å². The Hall–Kier alpha value is -0.340. The van der Waals surface area contributed by atoms with Crippen LogP contribution in [0.5, 0.6) is 0 Å². The van der Waals surface area contributed by atoms with Crippen molar-refractivity contribution in [1.82, 2.24) is 0 Å². The largest absolute Gasteiger partial charge is 0.344 e. The van der Waals surface area contributed by atoms with Gasteiger partial charge in [-0.3, -0.25) is 0 Å².